The Balaban J connectivity index is 2.29. The van der Waals surface area contributed by atoms with Crippen LogP contribution in [0, 0.1) is 11.6 Å². The molecule has 1 atom stereocenters. The lowest BCUT2D eigenvalue weighted by atomic mass is 9.92. The molecule has 2 N–H and O–H groups in total. The first-order chi connectivity index (χ1) is 9.11. The third-order valence-corrected chi connectivity index (χ3v) is 3.83. The Morgan fingerprint density at radius 3 is 2.53 bits per heavy atom. The molecule has 0 heterocycles. The van der Waals surface area contributed by atoms with Gasteiger partial charge in [-0.25, -0.2) is 8.78 Å². The van der Waals surface area contributed by atoms with Crippen LogP contribution in [0.3, 0.4) is 0 Å². The van der Waals surface area contributed by atoms with Crippen molar-refractivity contribution in [1.29, 1.82) is 0 Å². The Kier molecular flexibility index (Phi) is 4.66. The van der Waals surface area contributed by atoms with Crippen molar-refractivity contribution in [2.24, 2.45) is 5.73 Å². The Morgan fingerprint density at radius 2 is 1.84 bits per heavy atom. The van der Waals surface area contributed by atoms with Crippen LogP contribution in [0.5, 0.6) is 0 Å². The normalized spacial score (nSPS) is 12.4. The van der Waals surface area contributed by atoms with Crippen molar-refractivity contribution in [2.45, 2.75) is 12.3 Å². The van der Waals surface area contributed by atoms with Crippen LogP contribution >= 0.6 is 15.9 Å². The molecule has 1 nitrogen and oxygen atoms in total. The van der Waals surface area contributed by atoms with Gasteiger partial charge in [-0.2, -0.15) is 0 Å². The van der Waals surface area contributed by atoms with E-state index in [0.717, 1.165) is 22.2 Å². The van der Waals surface area contributed by atoms with Gasteiger partial charge >= 0.3 is 0 Å². The van der Waals surface area contributed by atoms with E-state index in [2.05, 4.69) is 15.9 Å². The van der Waals surface area contributed by atoms with Crippen LogP contribution < -0.4 is 5.73 Å². The number of benzene rings is 2. The quantitative estimate of drug-likeness (QED) is 0.903. The summed E-state index contributed by atoms with van der Waals surface area (Å²) >= 11 is 3.46. The van der Waals surface area contributed by atoms with E-state index in [1.807, 2.05) is 24.3 Å². The van der Waals surface area contributed by atoms with Gasteiger partial charge < -0.3 is 5.73 Å². The van der Waals surface area contributed by atoms with Crippen LogP contribution in [-0.2, 0) is 6.42 Å². The van der Waals surface area contributed by atoms with Crippen LogP contribution in [0.1, 0.15) is 17.0 Å². The number of nitrogens with two attached hydrogens (primary N) is 1. The molecule has 0 aliphatic carbocycles. The zero-order chi connectivity index (χ0) is 13.8. The highest BCUT2D eigenvalue weighted by Gasteiger charge is 2.16. The van der Waals surface area contributed by atoms with Crippen LogP contribution in [-0.4, -0.2) is 6.54 Å². The summed E-state index contributed by atoms with van der Waals surface area (Å²) in [6, 6.07) is 11.2. The zero-order valence-electron chi connectivity index (χ0n) is 10.2. The monoisotopic (exact) mass is 325 g/mol. The van der Waals surface area contributed by atoms with Gasteiger partial charge in [-0.15, -0.1) is 0 Å². The lowest BCUT2D eigenvalue weighted by molar-refractivity contribution is 0.570. The Hall–Kier alpha value is -1.26. The summed E-state index contributed by atoms with van der Waals surface area (Å²) in [5.74, 6) is -0.877. The van der Waals surface area contributed by atoms with Crippen LogP contribution in [0.2, 0.25) is 0 Å². The van der Waals surface area contributed by atoms with Crippen LogP contribution in [0.25, 0.3) is 0 Å². The molecule has 0 bridgehead atoms. The second-order valence-corrected chi connectivity index (χ2v) is 5.25. The third-order valence-electron chi connectivity index (χ3n) is 3.10. The largest absolute Gasteiger partial charge is 0.330 e. The second kappa shape index (κ2) is 6.26. The number of hydrogen-bond donors (Lipinski definition) is 1. The average molecular weight is 326 g/mol. The predicted octanol–water partition coefficient (Wildman–Crippen LogP) is 4.01. The SMILES string of the molecule is NCC(Cc1cc(F)ccc1F)c1ccccc1Br. The second-order valence-electron chi connectivity index (χ2n) is 4.39. The first kappa shape index (κ1) is 14.2. The summed E-state index contributed by atoms with van der Waals surface area (Å²) in [6.07, 6.45) is 0.378. The minimum absolute atomic E-state index is 0.0492. The van der Waals surface area contributed by atoms with Gasteiger partial charge in [-0.1, -0.05) is 34.1 Å². The number of halogens is 3. The van der Waals surface area contributed by atoms with Gasteiger partial charge in [0, 0.05) is 10.4 Å². The van der Waals surface area contributed by atoms with Gasteiger partial charge in [-0.3, -0.25) is 0 Å². The van der Waals surface area contributed by atoms with Gasteiger partial charge in [0.1, 0.15) is 11.6 Å². The molecule has 2 aromatic carbocycles. The van der Waals surface area contributed by atoms with E-state index in [1.54, 1.807) is 0 Å². The molecule has 0 radical (unpaired) electrons. The molecule has 0 saturated carbocycles. The van der Waals surface area contributed by atoms with Crippen molar-refractivity contribution in [3.63, 3.8) is 0 Å². The highest BCUT2D eigenvalue weighted by atomic mass is 79.9. The predicted molar refractivity (Wildman–Crippen MR) is 76.0 cm³/mol. The van der Waals surface area contributed by atoms with E-state index >= 15 is 0 Å². The lowest BCUT2D eigenvalue weighted by Crippen LogP contribution is -2.16. The van der Waals surface area contributed by atoms with Crippen molar-refractivity contribution in [2.75, 3.05) is 6.54 Å². The third kappa shape index (κ3) is 3.39. The zero-order valence-corrected chi connectivity index (χ0v) is 11.8. The van der Waals surface area contributed by atoms with E-state index in [1.165, 1.54) is 6.07 Å². The number of rotatable bonds is 4. The summed E-state index contributed by atoms with van der Waals surface area (Å²) in [6.45, 7) is 0.374. The lowest BCUT2D eigenvalue weighted by Gasteiger charge is -2.17. The van der Waals surface area contributed by atoms with Gasteiger partial charge in [-0.05, 0) is 48.4 Å². The first-order valence-electron chi connectivity index (χ1n) is 6.00. The molecular weight excluding hydrogens is 312 g/mol. The molecular formula is C15H14BrF2N. The highest BCUT2D eigenvalue weighted by Crippen LogP contribution is 2.28. The minimum atomic E-state index is -0.431. The van der Waals surface area contributed by atoms with Crippen molar-refractivity contribution >= 4 is 15.9 Å². The van der Waals surface area contributed by atoms with Crippen molar-refractivity contribution in [3.05, 3.63) is 69.7 Å². The van der Waals surface area contributed by atoms with Gasteiger partial charge in [0.05, 0.1) is 0 Å². The topological polar surface area (TPSA) is 26.0 Å². The molecule has 100 valence electrons. The molecule has 0 aliphatic rings. The van der Waals surface area contributed by atoms with Crippen molar-refractivity contribution < 1.29 is 8.78 Å². The van der Waals surface area contributed by atoms with E-state index < -0.39 is 11.6 Å². The molecule has 19 heavy (non-hydrogen) atoms. The highest BCUT2D eigenvalue weighted by molar-refractivity contribution is 9.10. The molecule has 0 amide bonds. The Bertz CT molecular complexity index is 572. The fraction of sp³-hybridized carbons (Fsp3) is 0.200. The molecule has 2 rings (SSSR count). The summed E-state index contributed by atoms with van der Waals surface area (Å²) in [5.41, 5.74) is 7.13. The summed E-state index contributed by atoms with van der Waals surface area (Å²) in [7, 11) is 0. The molecule has 0 saturated heterocycles. The molecule has 0 fully saturated rings. The molecule has 0 aromatic heterocycles. The van der Waals surface area contributed by atoms with Crippen LogP contribution in [0.4, 0.5) is 8.78 Å². The standard InChI is InChI=1S/C15H14BrF2N/c16-14-4-2-1-3-13(14)11(9-19)7-10-8-12(17)5-6-15(10)18/h1-6,8,11H,7,9,19H2. The molecule has 0 aliphatic heterocycles. The van der Waals surface area contributed by atoms with E-state index in [-0.39, 0.29) is 5.92 Å². The van der Waals surface area contributed by atoms with Gasteiger partial charge in [0.15, 0.2) is 0 Å². The molecule has 0 spiro atoms. The average Bonchev–Trinajstić information content (AvgIpc) is 2.41. The fourth-order valence-electron chi connectivity index (χ4n) is 2.09. The van der Waals surface area contributed by atoms with E-state index in [0.29, 0.717) is 18.5 Å². The van der Waals surface area contributed by atoms with Crippen molar-refractivity contribution in [1.82, 2.24) is 0 Å². The first-order valence-corrected chi connectivity index (χ1v) is 6.79. The van der Waals surface area contributed by atoms with Crippen LogP contribution in [0.15, 0.2) is 46.9 Å². The number of hydrogen-bond acceptors (Lipinski definition) is 1. The Labute approximate surface area is 119 Å². The maximum Gasteiger partial charge on any atom is 0.126 e. The summed E-state index contributed by atoms with van der Waals surface area (Å²) in [5, 5.41) is 0. The maximum absolute atomic E-state index is 13.7. The summed E-state index contributed by atoms with van der Waals surface area (Å²) in [4.78, 5) is 0. The molecule has 4 heteroatoms. The Morgan fingerprint density at radius 1 is 1.11 bits per heavy atom. The molecule has 2 aromatic rings. The molecule has 1 unspecified atom stereocenters. The van der Waals surface area contributed by atoms with E-state index in [4.69, 9.17) is 5.73 Å². The van der Waals surface area contributed by atoms with Gasteiger partial charge in [0.2, 0.25) is 0 Å². The summed E-state index contributed by atoms with van der Waals surface area (Å²) < 4.78 is 27.8. The van der Waals surface area contributed by atoms with E-state index in [9.17, 15) is 8.78 Å². The maximum atomic E-state index is 13.7. The minimum Gasteiger partial charge on any atom is -0.330 e. The van der Waals surface area contributed by atoms with Crippen molar-refractivity contribution in [3.8, 4) is 0 Å². The smallest absolute Gasteiger partial charge is 0.126 e. The van der Waals surface area contributed by atoms with Gasteiger partial charge in [0.25, 0.3) is 0 Å². The fourth-order valence-corrected chi connectivity index (χ4v) is 2.70.